The molecule has 2 atom stereocenters. The molecule has 3 aliphatic rings. The van der Waals surface area contributed by atoms with E-state index in [4.69, 9.17) is 0 Å². The summed E-state index contributed by atoms with van der Waals surface area (Å²) in [6.07, 6.45) is 2.18. The SMILES string of the molecule is O=C(c1ccc(F)c(F)c1)N1C[C@@H]2CC[C@H](C1)N(Cc1ccccc1)C2. The summed E-state index contributed by atoms with van der Waals surface area (Å²) in [5, 5.41) is 0. The third kappa shape index (κ3) is 3.49. The van der Waals surface area contributed by atoms with Crippen molar-refractivity contribution >= 4 is 5.91 Å². The molecule has 0 saturated carbocycles. The average Bonchev–Trinajstić information content (AvgIpc) is 2.96. The fourth-order valence-corrected chi connectivity index (χ4v) is 4.17. The molecule has 0 N–H and O–H groups in total. The van der Waals surface area contributed by atoms with Crippen molar-refractivity contribution in [2.45, 2.75) is 25.4 Å². The Balaban J connectivity index is 1.50. The van der Waals surface area contributed by atoms with Crippen LogP contribution in [0.1, 0.15) is 28.8 Å². The number of rotatable bonds is 3. The fourth-order valence-electron chi connectivity index (χ4n) is 4.17. The molecule has 26 heavy (non-hydrogen) atoms. The number of nitrogens with zero attached hydrogens (tertiary/aromatic N) is 2. The molecule has 136 valence electrons. The van der Waals surface area contributed by atoms with Gasteiger partial charge in [0.05, 0.1) is 0 Å². The summed E-state index contributed by atoms with van der Waals surface area (Å²) in [5.41, 5.74) is 1.50. The zero-order valence-electron chi connectivity index (χ0n) is 14.6. The molecule has 3 aliphatic heterocycles. The monoisotopic (exact) mass is 356 g/mol. The zero-order chi connectivity index (χ0) is 18.1. The Hall–Kier alpha value is -2.27. The third-order valence-corrected chi connectivity index (χ3v) is 5.51. The van der Waals surface area contributed by atoms with Gasteiger partial charge in [-0.1, -0.05) is 30.3 Å². The Morgan fingerprint density at radius 1 is 0.962 bits per heavy atom. The van der Waals surface area contributed by atoms with Crippen molar-refractivity contribution in [2.75, 3.05) is 19.6 Å². The summed E-state index contributed by atoms with van der Waals surface area (Å²) < 4.78 is 26.7. The maximum absolute atomic E-state index is 13.5. The number of halogens is 2. The van der Waals surface area contributed by atoms with E-state index in [1.807, 2.05) is 23.1 Å². The van der Waals surface area contributed by atoms with Crippen LogP contribution in [0, 0.1) is 17.6 Å². The highest BCUT2D eigenvalue weighted by Gasteiger charge is 2.36. The number of piperidine rings is 1. The number of fused-ring (bicyclic) bond motifs is 4. The number of hydrogen-bond acceptors (Lipinski definition) is 2. The predicted molar refractivity (Wildman–Crippen MR) is 95.6 cm³/mol. The highest BCUT2D eigenvalue weighted by molar-refractivity contribution is 5.94. The van der Waals surface area contributed by atoms with Gasteiger partial charge in [-0.3, -0.25) is 9.69 Å². The van der Waals surface area contributed by atoms with Crippen molar-refractivity contribution in [1.29, 1.82) is 0 Å². The molecule has 2 aromatic carbocycles. The van der Waals surface area contributed by atoms with Crippen molar-refractivity contribution in [3.8, 4) is 0 Å². The summed E-state index contributed by atoms with van der Waals surface area (Å²) >= 11 is 0. The Labute approximate surface area is 152 Å². The van der Waals surface area contributed by atoms with Gasteiger partial charge in [0.25, 0.3) is 5.91 Å². The maximum atomic E-state index is 13.5. The van der Waals surface area contributed by atoms with Gasteiger partial charge in [-0.15, -0.1) is 0 Å². The van der Waals surface area contributed by atoms with Crippen molar-refractivity contribution in [2.24, 2.45) is 5.92 Å². The zero-order valence-corrected chi connectivity index (χ0v) is 14.6. The molecule has 3 heterocycles. The number of benzene rings is 2. The van der Waals surface area contributed by atoms with E-state index in [0.29, 0.717) is 25.0 Å². The molecule has 2 bridgehead atoms. The molecule has 5 heteroatoms. The molecular weight excluding hydrogens is 334 g/mol. The Kier molecular flexibility index (Phi) is 4.72. The van der Waals surface area contributed by atoms with Crippen LogP contribution in [0.4, 0.5) is 8.78 Å². The van der Waals surface area contributed by atoms with Gasteiger partial charge in [0.1, 0.15) is 0 Å². The first-order chi connectivity index (χ1) is 12.6. The van der Waals surface area contributed by atoms with E-state index in [1.54, 1.807) is 0 Å². The second-order valence-corrected chi connectivity index (χ2v) is 7.35. The van der Waals surface area contributed by atoms with Crippen LogP contribution in [0.5, 0.6) is 0 Å². The quantitative estimate of drug-likeness (QED) is 0.837. The Morgan fingerprint density at radius 2 is 1.77 bits per heavy atom. The first kappa shape index (κ1) is 17.2. The molecule has 1 amide bonds. The van der Waals surface area contributed by atoms with Crippen LogP contribution in [0.3, 0.4) is 0 Å². The van der Waals surface area contributed by atoms with Crippen LogP contribution < -0.4 is 0 Å². The van der Waals surface area contributed by atoms with Gasteiger partial charge >= 0.3 is 0 Å². The van der Waals surface area contributed by atoms with Crippen LogP contribution in [-0.4, -0.2) is 41.4 Å². The first-order valence-corrected chi connectivity index (χ1v) is 9.12. The lowest BCUT2D eigenvalue weighted by molar-refractivity contribution is 0.0735. The van der Waals surface area contributed by atoms with E-state index >= 15 is 0 Å². The molecule has 3 fully saturated rings. The molecule has 0 aliphatic carbocycles. The van der Waals surface area contributed by atoms with E-state index in [9.17, 15) is 13.6 Å². The number of carbonyl (C=O) groups excluding carboxylic acids is 1. The Morgan fingerprint density at radius 3 is 2.54 bits per heavy atom. The van der Waals surface area contributed by atoms with Gasteiger partial charge in [-0.2, -0.15) is 0 Å². The Bertz CT molecular complexity index is 796. The smallest absolute Gasteiger partial charge is 0.254 e. The fraction of sp³-hybridized carbons (Fsp3) is 0.381. The minimum absolute atomic E-state index is 0.206. The van der Waals surface area contributed by atoms with Crippen molar-refractivity contribution < 1.29 is 13.6 Å². The average molecular weight is 356 g/mol. The second-order valence-electron chi connectivity index (χ2n) is 7.35. The molecule has 0 aromatic heterocycles. The lowest BCUT2D eigenvalue weighted by Gasteiger charge is -2.36. The molecule has 2 aromatic rings. The summed E-state index contributed by atoms with van der Waals surface area (Å²) in [6.45, 7) is 3.18. The normalized spacial score (nSPS) is 23.1. The molecule has 0 unspecified atom stereocenters. The van der Waals surface area contributed by atoms with Gasteiger partial charge in [0, 0.05) is 37.8 Å². The van der Waals surface area contributed by atoms with E-state index in [2.05, 4.69) is 17.0 Å². The van der Waals surface area contributed by atoms with E-state index in [1.165, 1.54) is 11.6 Å². The minimum Gasteiger partial charge on any atom is -0.337 e. The summed E-state index contributed by atoms with van der Waals surface area (Å²) in [5.74, 6) is -1.68. The van der Waals surface area contributed by atoms with Crippen molar-refractivity contribution in [3.05, 3.63) is 71.3 Å². The molecule has 3 saturated heterocycles. The van der Waals surface area contributed by atoms with Crippen molar-refractivity contribution in [1.82, 2.24) is 9.80 Å². The van der Waals surface area contributed by atoms with Gasteiger partial charge < -0.3 is 4.90 Å². The molecule has 0 radical (unpaired) electrons. The molecule has 0 spiro atoms. The summed E-state index contributed by atoms with van der Waals surface area (Å²) in [7, 11) is 0. The third-order valence-electron chi connectivity index (χ3n) is 5.51. The highest BCUT2D eigenvalue weighted by Crippen LogP contribution is 2.30. The highest BCUT2D eigenvalue weighted by atomic mass is 19.2. The predicted octanol–water partition coefficient (Wildman–Crippen LogP) is 3.70. The van der Waals surface area contributed by atoms with Crippen LogP contribution in [-0.2, 0) is 6.54 Å². The summed E-state index contributed by atoms with van der Waals surface area (Å²) in [4.78, 5) is 17.1. The number of amides is 1. The van der Waals surface area contributed by atoms with Gasteiger partial charge in [-0.05, 0) is 42.5 Å². The van der Waals surface area contributed by atoms with Crippen LogP contribution in [0.2, 0.25) is 0 Å². The maximum Gasteiger partial charge on any atom is 0.254 e. The van der Waals surface area contributed by atoms with E-state index in [0.717, 1.165) is 38.1 Å². The van der Waals surface area contributed by atoms with Crippen LogP contribution in [0.15, 0.2) is 48.5 Å². The standard InChI is InChI=1S/C21H22F2N2O/c22-19-9-7-17(10-20(19)23)21(26)25-13-16-6-8-18(14-25)24(12-16)11-15-4-2-1-3-5-15/h1-5,7,9-10,16,18H,6,8,11-14H2/t16-,18-/m1/s1. The lowest BCUT2D eigenvalue weighted by atomic mass is 9.94. The van der Waals surface area contributed by atoms with Crippen molar-refractivity contribution in [3.63, 3.8) is 0 Å². The van der Waals surface area contributed by atoms with Crippen LogP contribution in [0.25, 0.3) is 0 Å². The van der Waals surface area contributed by atoms with E-state index < -0.39 is 11.6 Å². The summed E-state index contributed by atoms with van der Waals surface area (Å²) in [6, 6.07) is 14.1. The molecule has 3 nitrogen and oxygen atoms in total. The minimum atomic E-state index is -0.973. The lowest BCUT2D eigenvalue weighted by Crippen LogP contribution is -2.43. The number of carbonyl (C=O) groups is 1. The number of hydrogen-bond donors (Lipinski definition) is 0. The van der Waals surface area contributed by atoms with Crippen LogP contribution >= 0.6 is 0 Å². The largest absolute Gasteiger partial charge is 0.337 e. The first-order valence-electron chi connectivity index (χ1n) is 9.12. The second kappa shape index (κ2) is 7.16. The van der Waals surface area contributed by atoms with Gasteiger partial charge in [-0.25, -0.2) is 8.78 Å². The van der Waals surface area contributed by atoms with Gasteiger partial charge in [0.2, 0.25) is 0 Å². The van der Waals surface area contributed by atoms with E-state index in [-0.39, 0.29) is 11.5 Å². The van der Waals surface area contributed by atoms with Gasteiger partial charge in [0.15, 0.2) is 11.6 Å². The topological polar surface area (TPSA) is 23.6 Å². The molecular formula is C21H22F2N2O. The molecule has 5 rings (SSSR count).